The fraction of sp³-hybridized carbons (Fsp3) is 0.304. The number of ether oxygens (including phenoxy) is 1. The molecular weight excluding hydrogens is 350 g/mol. The van der Waals surface area contributed by atoms with Gasteiger partial charge in [-0.15, -0.1) is 0 Å². The lowest BCUT2D eigenvalue weighted by atomic mass is 10.1. The van der Waals surface area contributed by atoms with Gasteiger partial charge in [-0.3, -0.25) is 15.1 Å². The smallest absolute Gasteiger partial charge is 0.252 e. The molecule has 28 heavy (non-hydrogen) atoms. The lowest BCUT2D eigenvalue weighted by molar-refractivity contribution is 0.0929. The zero-order chi connectivity index (χ0) is 19.8. The molecule has 2 N–H and O–H groups in total. The van der Waals surface area contributed by atoms with Gasteiger partial charge in [0.2, 0.25) is 0 Å². The summed E-state index contributed by atoms with van der Waals surface area (Å²) in [6.45, 7) is 3.01. The molecule has 1 aromatic heterocycles. The molecule has 0 unspecified atom stereocenters. The van der Waals surface area contributed by atoms with Gasteiger partial charge in [0.1, 0.15) is 5.75 Å². The van der Waals surface area contributed by atoms with Gasteiger partial charge in [0.15, 0.2) is 0 Å². The Bertz CT molecular complexity index is 926. The number of pyridine rings is 1. The fourth-order valence-corrected chi connectivity index (χ4v) is 3.12. The maximum atomic E-state index is 12.8. The molecule has 3 aromatic rings. The average Bonchev–Trinajstić information content (AvgIpc) is 2.73. The number of nitrogens with one attached hydrogen (secondary N) is 2. The molecule has 0 aliphatic carbocycles. The molecule has 5 heteroatoms. The van der Waals surface area contributed by atoms with Crippen molar-refractivity contribution in [3.05, 3.63) is 71.9 Å². The van der Waals surface area contributed by atoms with E-state index in [1.807, 2.05) is 54.6 Å². The number of benzene rings is 2. The number of hydrogen-bond donors (Lipinski definition) is 2. The van der Waals surface area contributed by atoms with E-state index in [1.165, 1.54) is 0 Å². The predicted molar refractivity (Wildman–Crippen MR) is 113 cm³/mol. The lowest BCUT2D eigenvalue weighted by Crippen LogP contribution is -2.47. The van der Waals surface area contributed by atoms with Gasteiger partial charge in [-0.1, -0.05) is 31.5 Å². The number of amides is 1. The maximum absolute atomic E-state index is 12.8. The number of aromatic nitrogens is 1. The number of carbonyl (C=O) groups is 1. The van der Waals surface area contributed by atoms with Gasteiger partial charge in [-0.05, 0) is 54.9 Å². The first-order valence-corrected chi connectivity index (χ1v) is 9.71. The fourth-order valence-electron chi connectivity index (χ4n) is 3.12. The molecule has 0 aliphatic rings. The minimum Gasteiger partial charge on any atom is -0.497 e. The molecule has 0 bridgehead atoms. The molecule has 0 aliphatic heterocycles. The van der Waals surface area contributed by atoms with E-state index in [-0.39, 0.29) is 12.1 Å². The van der Waals surface area contributed by atoms with Crippen LogP contribution in [0.25, 0.3) is 10.9 Å². The Morgan fingerprint density at radius 3 is 2.86 bits per heavy atom. The first kappa shape index (κ1) is 19.8. The van der Waals surface area contributed by atoms with Gasteiger partial charge in [0, 0.05) is 23.6 Å². The van der Waals surface area contributed by atoms with Gasteiger partial charge in [0.05, 0.1) is 18.8 Å². The van der Waals surface area contributed by atoms with Crippen LogP contribution in [0.5, 0.6) is 5.75 Å². The normalized spacial score (nSPS) is 11.9. The van der Waals surface area contributed by atoms with Crippen molar-refractivity contribution in [3.8, 4) is 5.75 Å². The molecule has 2 aromatic carbocycles. The summed E-state index contributed by atoms with van der Waals surface area (Å²) in [4.78, 5) is 17.2. The van der Waals surface area contributed by atoms with Crippen LogP contribution in [0.1, 0.15) is 35.7 Å². The third-order valence-corrected chi connectivity index (χ3v) is 4.67. The van der Waals surface area contributed by atoms with Crippen LogP contribution in [0.3, 0.4) is 0 Å². The zero-order valence-electron chi connectivity index (χ0n) is 16.4. The van der Waals surface area contributed by atoms with E-state index in [4.69, 9.17) is 4.74 Å². The molecule has 1 atom stereocenters. The Morgan fingerprint density at radius 2 is 2.04 bits per heavy atom. The minimum atomic E-state index is -0.157. The van der Waals surface area contributed by atoms with Gasteiger partial charge in [-0.2, -0.15) is 0 Å². The second-order valence-corrected chi connectivity index (χ2v) is 6.80. The van der Waals surface area contributed by atoms with E-state index in [0.717, 1.165) is 41.6 Å². The van der Waals surface area contributed by atoms with Gasteiger partial charge < -0.3 is 10.1 Å². The number of hydrogen-bond acceptors (Lipinski definition) is 4. The van der Waals surface area contributed by atoms with Crippen molar-refractivity contribution in [2.24, 2.45) is 0 Å². The SMILES string of the molecule is CCCCN[C@@H](Cc1cccc(OC)c1)NC(=O)c1ccc2ncccc2c1. The van der Waals surface area contributed by atoms with E-state index in [0.29, 0.717) is 12.0 Å². The van der Waals surface area contributed by atoms with E-state index in [2.05, 4.69) is 22.5 Å². The van der Waals surface area contributed by atoms with Crippen molar-refractivity contribution < 1.29 is 9.53 Å². The van der Waals surface area contributed by atoms with Gasteiger partial charge in [-0.25, -0.2) is 0 Å². The molecule has 1 amide bonds. The molecule has 1 heterocycles. The standard InChI is InChI=1S/C23H27N3O2/c1-3-4-12-25-22(15-17-7-5-9-20(14-17)28-2)26-23(27)19-10-11-21-18(16-19)8-6-13-24-21/h5-11,13-14,16,22,25H,3-4,12,15H2,1-2H3,(H,26,27)/t22-/m1/s1. The molecule has 0 fully saturated rings. The van der Waals surface area contributed by atoms with E-state index >= 15 is 0 Å². The number of rotatable bonds is 9. The van der Waals surface area contributed by atoms with Gasteiger partial charge >= 0.3 is 0 Å². The van der Waals surface area contributed by atoms with Crippen molar-refractivity contribution in [1.29, 1.82) is 0 Å². The number of nitrogens with zero attached hydrogens (tertiary/aromatic N) is 1. The largest absolute Gasteiger partial charge is 0.497 e. The Morgan fingerprint density at radius 1 is 1.14 bits per heavy atom. The van der Waals surface area contributed by atoms with Crippen LogP contribution < -0.4 is 15.4 Å². The number of fused-ring (bicyclic) bond motifs is 1. The second kappa shape index (κ2) is 9.85. The summed E-state index contributed by atoms with van der Waals surface area (Å²) in [6, 6.07) is 17.4. The second-order valence-electron chi connectivity index (χ2n) is 6.80. The summed E-state index contributed by atoms with van der Waals surface area (Å²) in [5.41, 5.74) is 2.62. The summed E-state index contributed by atoms with van der Waals surface area (Å²) >= 11 is 0. The van der Waals surface area contributed by atoms with Crippen LogP contribution in [0.4, 0.5) is 0 Å². The van der Waals surface area contributed by atoms with E-state index < -0.39 is 0 Å². The third kappa shape index (κ3) is 5.30. The number of methoxy groups -OCH3 is 1. The van der Waals surface area contributed by atoms with Crippen molar-refractivity contribution in [1.82, 2.24) is 15.6 Å². The van der Waals surface area contributed by atoms with Crippen molar-refractivity contribution in [2.75, 3.05) is 13.7 Å². The van der Waals surface area contributed by atoms with Crippen molar-refractivity contribution in [2.45, 2.75) is 32.4 Å². The van der Waals surface area contributed by atoms with Crippen LogP contribution in [0, 0.1) is 0 Å². The van der Waals surface area contributed by atoms with Crippen LogP contribution in [-0.2, 0) is 6.42 Å². The monoisotopic (exact) mass is 377 g/mol. The molecule has 0 saturated heterocycles. The highest BCUT2D eigenvalue weighted by molar-refractivity contribution is 5.98. The van der Waals surface area contributed by atoms with E-state index in [1.54, 1.807) is 13.3 Å². The van der Waals surface area contributed by atoms with E-state index in [9.17, 15) is 4.79 Å². The highest BCUT2D eigenvalue weighted by atomic mass is 16.5. The van der Waals surface area contributed by atoms with Crippen LogP contribution in [0.15, 0.2) is 60.8 Å². The Balaban J connectivity index is 1.73. The molecule has 0 saturated carbocycles. The molecule has 5 nitrogen and oxygen atoms in total. The first-order valence-electron chi connectivity index (χ1n) is 9.71. The quantitative estimate of drug-likeness (QED) is 0.438. The zero-order valence-corrected chi connectivity index (χ0v) is 16.4. The average molecular weight is 377 g/mol. The minimum absolute atomic E-state index is 0.0948. The number of unbranched alkanes of at least 4 members (excludes halogenated alkanes) is 1. The summed E-state index contributed by atoms with van der Waals surface area (Å²) in [5, 5.41) is 7.55. The molecule has 0 spiro atoms. The third-order valence-electron chi connectivity index (χ3n) is 4.67. The molecular formula is C23H27N3O2. The maximum Gasteiger partial charge on any atom is 0.252 e. The highest BCUT2D eigenvalue weighted by Gasteiger charge is 2.15. The van der Waals surface area contributed by atoms with Crippen molar-refractivity contribution >= 4 is 16.8 Å². The van der Waals surface area contributed by atoms with Crippen LogP contribution in [0.2, 0.25) is 0 Å². The summed E-state index contributed by atoms with van der Waals surface area (Å²) in [6.07, 6.45) is 4.44. The summed E-state index contributed by atoms with van der Waals surface area (Å²) in [5.74, 6) is 0.723. The molecule has 0 radical (unpaired) electrons. The van der Waals surface area contributed by atoms with Crippen LogP contribution >= 0.6 is 0 Å². The highest BCUT2D eigenvalue weighted by Crippen LogP contribution is 2.15. The molecule has 3 rings (SSSR count). The summed E-state index contributed by atoms with van der Waals surface area (Å²) < 4.78 is 5.31. The topological polar surface area (TPSA) is 63.2 Å². The Kier molecular flexibility index (Phi) is 6.98. The summed E-state index contributed by atoms with van der Waals surface area (Å²) in [7, 11) is 1.66. The van der Waals surface area contributed by atoms with Gasteiger partial charge in [0.25, 0.3) is 5.91 Å². The van der Waals surface area contributed by atoms with Crippen LogP contribution in [-0.4, -0.2) is 30.7 Å². The number of carbonyl (C=O) groups excluding carboxylic acids is 1. The Labute approximate surface area is 166 Å². The van der Waals surface area contributed by atoms with Crippen molar-refractivity contribution in [3.63, 3.8) is 0 Å². The first-order chi connectivity index (χ1) is 13.7. The lowest BCUT2D eigenvalue weighted by Gasteiger charge is -2.21. The predicted octanol–water partition coefficient (Wildman–Crippen LogP) is 3.93. The Hall–Kier alpha value is -2.92. The molecule has 146 valence electrons.